The van der Waals surface area contributed by atoms with Gasteiger partial charge in [-0.25, -0.2) is 0 Å². The van der Waals surface area contributed by atoms with E-state index in [0.717, 1.165) is 17.9 Å². The highest BCUT2D eigenvalue weighted by Crippen LogP contribution is 2.17. The molecular formula is C12H19N3O. The highest BCUT2D eigenvalue weighted by Gasteiger charge is 2.13. The van der Waals surface area contributed by atoms with Crippen LogP contribution in [-0.4, -0.2) is 19.0 Å². The lowest BCUT2D eigenvalue weighted by Gasteiger charge is -2.25. The third-order valence-corrected chi connectivity index (χ3v) is 2.62. The first-order valence-corrected chi connectivity index (χ1v) is 5.44. The predicted octanol–water partition coefficient (Wildman–Crippen LogP) is 1.22. The van der Waals surface area contributed by atoms with Crippen LogP contribution >= 0.6 is 0 Å². The Morgan fingerprint density at radius 3 is 2.38 bits per heavy atom. The second kappa shape index (κ2) is 5.39. The monoisotopic (exact) mass is 221 g/mol. The lowest BCUT2D eigenvalue weighted by molar-refractivity contribution is -0.121. The van der Waals surface area contributed by atoms with Gasteiger partial charge in [0.1, 0.15) is 0 Å². The fourth-order valence-corrected chi connectivity index (χ4v) is 1.52. The van der Waals surface area contributed by atoms with Crippen LogP contribution in [0.25, 0.3) is 0 Å². The van der Waals surface area contributed by atoms with Gasteiger partial charge < -0.3 is 16.4 Å². The van der Waals surface area contributed by atoms with E-state index in [0.29, 0.717) is 6.54 Å². The van der Waals surface area contributed by atoms with Gasteiger partial charge in [-0.1, -0.05) is 6.92 Å². The number of rotatable bonds is 5. The van der Waals surface area contributed by atoms with Gasteiger partial charge in [-0.15, -0.1) is 0 Å². The standard InChI is InChI=1S/C12H19N3O/c1-3-15(8-9(2)12(14)16)11-6-4-10(13)5-7-11/h4-7,9H,3,8,13H2,1-2H3,(H2,14,16). The Kier molecular flexibility index (Phi) is 4.17. The second-order valence-electron chi connectivity index (χ2n) is 3.93. The fourth-order valence-electron chi connectivity index (χ4n) is 1.52. The van der Waals surface area contributed by atoms with E-state index in [2.05, 4.69) is 4.90 Å². The molecule has 0 spiro atoms. The molecule has 0 aliphatic heterocycles. The molecular weight excluding hydrogens is 202 g/mol. The molecule has 1 aromatic carbocycles. The van der Waals surface area contributed by atoms with E-state index in [4.69, 9.17) is 11.5 Å². The van der Waals surface area contributed by atoms with Crippen LogP contribution in [0.2, 0.25) is 0 Å². The van der Waals surface area contributed by atoms with E-state index in [-0.39, 0.29) is 11.8 Å². The van der Waals surface area contributed by atoms with Crippen molar-refractivity contribution >= 4 is 17.3 Å². The molecule has 0 fully saturated rings. The van der Waals surface area contributed by atoms with Crippen molar-refractivity contribution in [1.29, 1.82) is 0 Å². The average molecular weight is 221 g/mol. The summed E-state index contributed by atoms with van der Waals surface area (Å²) in [7, 11) is 0. The average Bonchev–Trinajstić information content (AvgIpc) is 2.26. The largest absolute Gasteiger partial charge is 0.399 e. The first-order chi connectivity index (χ1) is 7.54. The molecule has 4 N–H and O–H groups in total. The number of primary amides is 1. The van der Waals surface area contributed by atoms with Crippen molar-refractivity contribution in [2.45, 2.75) is 13.8 Å². The van der Waals surface area contributed by atoms with Gasteiger partial charge in [-0.2, -0.15) is 0 Å². The first-order valence-electron chi connectivity index (χ1n) is 5.44. The van der Waals surface area contributed by atoms with Gasteiger partial charge in [0.25, 0.3) is 0 Å². The molecule has 4 nitrogen and oxygen atoms in total. The minimum atomic E-state index is -0.270. The number of anilines is 2. The van der Waals surface area contributed by atoms with Gasteiger partial charge in [0.05, 0.1) is 5.92 Å². The lowest BCUT2D eigenvalue weighted by atomic mass is 10.1. The zero-order chi connectivity index (χ0) is 12.1. The Bertz CT molecular complexity index is 348. The summed E-state index contributed by atoms with van der Waals surface area (Å²) < 4.78 is 0. The number of nitrogens with zero attached hydrogens (tertiary/aromatic N) is 1. The van der Waals surface area contributed by atoms with Gasteiger partial charge in [0.2, 0.25) is 5.91 Å². The van der Waals surface area contributed by atoms with Crippen LogP contribution in [0.3, 0.4) is 0 Å². The molecule has 1 amide bonds. The molecule has 0 saturated heterocycles. The van der Waals surface area contributed by atoms with Crippen molar-refractivity contribution in [2.24, 2.45) is 11.7 Å². The molecule has 0 radical (unpaired) electrons. The maximum atomic E-state index is 11.0. The van der Waals surface area contributed by atoms with E-state index in [1.165, 1.54) is 0 Å². The first kappa shape index (κ1) is 12.4. The molecule has 0 heterocycles. The zero-order valence-electron chi connectivity index (χ0n) is 9.81. The van der Waals surface area contributed by atoms with Gasteiger partial charge in [-0.3, -0.25) is 4.79 Å². The quantitative estimate of drug-likeness (QED) is 0.734. The van der Waals surface area contributed by atoms with E-state index >= 15 is 0 Å². The summed E-state index contributed by atoms with van der Waals surface area (Å²) in [4.78, 5) is 13.1. The van der Waals surface area contributed by atoms with Crippen LogP contribution in [0.1, 0.15) is 13.8 Å². The van der Waals surface area contributed by atoms with Crippen LogP contribution in [0.4, 0.5) is 11.4 Å². The number of nitrogen functional groups attached to an aromatic ring is 1. The maximum absolute atomic E-state index is 11.0. The molecule has 1 aromatic rings. The van der Waals surface area contributed by atoms with Crippen molar-refractivity contribution < 1.29 is 4.79 Å². The third kappa shape index (κ3) is 3.15. The van der Waals surface area contributed by atoms with Gasteiger partial charge in [-0.05, 0) is 31.2 Å². The number of benzene rings is 1. The van der Waals surface area contributed by atoms with E-state index in [9.17, 15) is 4.79 Å². The molecule has 0 saturated carbocycles. The second-order valence-corrected chi connectivity index (χ2v) is 3.93. The topological polar surface area (TPSA) is 72.3 Å². The van der Waals surface area contributed by atoms with Crippen molar-refractivity contribution in [1.82, 2.24) is 0 Å². The van der Waals surface area contributed by atoms with Crippen molar-refractivity contribution in [3.63, 3.8) is 0 Å². The number of nitrogens with two attached hydrogens (primary N) is 2. The summed E-state index contributed by atoms with van der Waals surface area (Å²) in [6.07, 6.45) is 0. The molecule has 1 atom stereocenters. The van der Waals surface area contributed by atoms with E-state index in [1.54, 1.807) is 0 Å². The molecule has 1 rings (SSSR count). The summed E-state index contributed by atoms with van der Waals surface area (Å²) in [6.45, 7) is 5.35. The highest BCUT2D eigenvalue weighted by molar-refractivity contribution is 5.77. The van der Waals surface area contributed by atoms with Gasteiger partial charge in [0.15, 0.2) is 0 Å². The lowest BCUT2D eigenvalue weighted by Crippen LogP contribution is -2.34. The SMILES string of the molecule is CCN(CC(C)C(N)=O)c1ccc(N)cc1. The molecule has 0 aliphatic carbocycles. The minimum Gasteiger partial charge on any atom is -0.399 e. The number of carbonyl (C=O) groups excluding carboxylic acids is 1. The Balaban J connectivity index is 2.74. The predicted molar refractivity (Wildman–Crippen MR) is 67.1 cm³/mol. The van der Waals surface area contributed by atoms with E-state index < -0.39 is 0 Å². The molecule has 4 heteroatoms. The smallest absolute Gasteiger partial charge is 0.222 e. The van der Waals surface area contributed by atoms with Crippen molar-refractivity contribution in [3.05, 3.63) is 24.3 Å². The molecule has 0 aliphatic rings. The molecule has 16 heavy (non-hydrogen) atoms. The number of hydrogen-bond acceptors (Lipinski definition) is 3. The van der Waals surface area contributed by atoms with Crippen LogP contribution in [0.5, 0.6) is 0 Å². The summed E-state index contributed by atoms with van der Waals surface area (Å²) >= 11 is 0. The molecule has 0 bridgehead atoms. The summed E-state index contributed by atoms with van der Waals surface area (Å²) in [5.41, 5.74) is 12.7. The Hall–Kier alpha value is -1.71. The van der Waals surface area contributed by atoms with Crippen LogP contribution < -0.4 is 16.4 Å². The van der Waals surface area contributed by atoms with Crippen molar-refractivity contribution in [3.8, 4) is 0 Å². The van der Waals surface area contributed by atoms with Crippen LogP contribution in [-0.2, 0) is 4.79 Å². The summed E-state index contributed by atoms with van der Waals surface area (Å²) in [6, 6.07) is 7.61. The Morgan fingerprint density at radius 1 is 1.38 bits per heavy atom. The zero-order valence-corrected chi connectivity index (χ0v) is 9.81. The fraction of sp³-hybridized carbons (Fsp3) is 0.417. The van der Waals surface area contributed by atoms with Crippen molar-refractivity contribution in [2.75, 3.05) is 23.7 Å². The van der Waals surface area contributed by atoms with Crippen LogP contribution in [0.15, 0.2) is 24.3 Å². The number of amides is 1. The normalized spacial score (nSPS) is 12.1. The third-order valence-electron chi connectivity index (χ3n) is 2.62. The van der Waals surface area contributed by atoms with Gasteiger partial charge >= 0.3 is 0 Å². The Labute approximate surface area is 96.2 Å². The number of carbonyl (C=O) groups is 1. The van der Waals surface area contributed by atoms with E-state index in [1.807, 2.05) is 38.1 Å². The molecule has 88 valence electrons. The molecule has 1 unspecified atom stereocenters. The number of hydrogen-bond donors (Lipinski definition) is 2. The van der Waals surface area contributed by atoms with Crippen LogP contribution in [0, 0.1) is 5.92 Å². The maximum Gasteiger partial charge on any atom is 0.222 e. The van der Waals surface area contributed by atoms with Gasteiger partial charge in [0, 0.05) is 24.5 Å². The minimum absolute atomic E-state index is 0.155. The molecule has 0 aromatic heterocycles. The Morgan fingerprint density at radius 2 is 1.94 bits per heavy atom. The summed E-state index contributed by atoms with van der Waals surface area (Å²) in [5.74, 6) is -0.425. The highest BCUT2D eigenvalue weighted by atomic mass is 16.1. The summed E-state index contributed by atoms with van der Waals surface area (Å²) in [5, 5.41) is 0.